The lowest BCUT2D eigenvalue weighted by atomic mass is 10.0. The predicted octanol–water partition coefficient (Wildman–Crippen LogP) is 8.00. The second kappa shape index (κ2) is 15.7. The number of hydrogen-bond donors (Lipinski definition) is 2. The van der Waals surface area contributed by atoms with Crippen LogP contribution in [0.1, 0.15) is 22.3 Å². The van der Waals surface area contributed by atoms with E-state index in [1.54, 1.807) is 6.07 Å². The van der Waals surface area contributed by atoms with Gasteiger partial charge in [-0.2, -0.15) is 14.9 Å². The van der Waals surface area contributed by atoms with E-state index in [9.17, 15) is 8.78 Å². The first kappa shape index (κ1) is 32.9. The highest BCUT2D eigenvalue weighted by Gasteiger charge is 2.09. The van der Waals surface area contributed by atoms with Gasteiger partial charge in [-0.15, -0.1) is 0 Å². The zero-order valence-corrected chi connectivity index (χ0v) is 25.4. The van der Waals surface area contributed by atoms with Crippen molar-refractivity contribution in [1.29, 1.82) is 10.5 Å². The monoisotopic (exact) mass is 660 g/mol. The highest BCUT2D eigenvalue weighted by molar-refractivity contribution is 6.33. The molecule has 0 radical (unpaired) electrons. The second-order valence-electron chi connectivity index (χ2n) is 9.17. The standard InChI is InChI=1S/C16H10ClFN4.C12H10N2.C4HCl2FN2/c17-15-14(18)16(22-9-21-15)20-8-11-2-4-12-5-10(7-19)1-3-13(12)6-11;13-7-9-1-3-11-6-10(8-14)2-4-12(11)5-9;5-3-2(7)4(6)9-1-8-3/h1-6,9H,8H2,(H,20,21,22);1-6H,7,13H2;1H. The Morgan fingerprint density at radius 3 is 1.58 bits per heavy atom. The van der Waals surface area contributed by atoms with Crippen LogP contribution in [-0.4, -0.2) is 19.9 Å². The van der Waals surface area contributed by atoms with Crippen molar-refractivity contribution in [3.05, 3.63) is 135 Å². The van der Waals surface area contributed by atoms with Crippen LogP contribution in [0.2, 0.25) is 15.5 Å². The van der Waals surface area contributed by atoms with Crippen LogP contribution in [0, 0.1) is 34.3 Å². The highest BCUT2D eigenvalue weighted by Crippen LogP contribution is 2.21. The van der Waals surface area contributed by atoms with Crippen molar-refractivity contribution in [3.63, 3.8) is 0 Å². The minimum Gasteiger partial charge on any atom is -0.363 e. The SMILES string of the molecule is Fc1c(Cl)ncnc1Cl.N#Cc1ccc2cc(CN)ccc2c1.N#Cc1ccc2cc(CNc3ncnc(Cl)c3F)ccc2c1. The maximum atomic E-state index is 13.7. The minimum atomic E-state index is -0.777. The normalized spacial score (nSPS) is 10.1. The first-order chi connectivity index (χ1) is 21.7. The lowest BCUT2D eigenvalue weighted by Crippen LogP contribution is -2.04. The van der Waals surface area contributed by atoms with Crippen LogP contribution >= 0.6 is 34.8 Å². The van der Waals surface area contributed by atoms with E-state index in [0.717, 1.165) is 39.0 Å². The number of nitrogens with zero attached hydrogens (tertiary/aromatic N) is 6. The molecule has 0 bridgehead atoms. The summed E-state index contributed by atoms with van der Waals surface area (Å²) >= 11 is 16.0. The molecule has 224 valence electrons. The summed E-state index contributed by atoms with van der Waals surface area (Å²) in [5, 5.41) is 24.0. The van der Waals surface area contributed by atoms with E-state index in [2.05, 4.69) is 43.5 Å². The van der Waals surface area contributed by atoms with Crippen molar-refractivity contribution in [2.45, 2.75) is 13.1 Å². The van der Waals surface area contributed by atoms with Crippen molar-refractivity contribution in [1.82, 2.24) is 19.9 Å². The highest BCUT2D eigenvalue weighted by atomic mass is 35.5. The Kier molecular flexibility index (Phi) is 11.5. The third-order valence-electron chi connectivity index (χ3n) is 6.21. The average Bonchev–Trinajstić information content (AvgIpc) is 3.07. The van der Waals surface area contributed by atoms with Crippen molar-refractivity contribution >= 4 is 62.2 Å². The molecule has 6 aromatic rings. The summed E-state index contributed by atoms with van der Waals surface area (Å²) in [5.74, 6) is -1.37. The molecule has 2 heterocycles. The molecule has 0 aliphatic heterocycles. The van der Waals surface area contributed by atoms with Gasteiger partial charge in [0.05, 0.1) is 23.3 Å². The summed E-state index contributed by atoms with van der Waals surface area (Å²) < 4.78 is 26.0. The number of aromatic nitrogens is 4. The van der Waals surface area contributed by atoms with Gasteiger partial charge in [-0.25, -0.2) is 24.3 Å². The van der Waals surface area contributed by atoms with E-state index in [1.165, 1.54) is 6.33 Å². The number of hydrogen-bond acceptors (Lipinski definition) is 8. The quantitative estimate of drug-likeness (QED) is 0.181. The first-order valence-corrected chi connectivity index (χ1v) is 14.1. The Morgan fingerprint density at radius 2 is 1.07 bits per heavy atom. The Labute approximate surface area is 271 Å². The van der Waals surface area contributed by atoms with Gasteiger partial charge in [0.1, 0.15) is 12.7 Å². The van der Waals surface area contributed by atoms with E-state index in [1.807, 2.05) is 60.7 Å². The molecule has 2 aromatic heterocycles. The number of nitrogens with one attached hydrogen (secondary N) is 1. The van der Waals surface area contributed by atoms with Crippen molar-refractivity contribution in [2.75, 3.05) is 5.32 Å². The molecule has 0 saturated heterocycles. The molecule has 0 atom stereocenters. The van der Waals surface area contributed by atoms with Gasteiger partial charge in [0.2, 0.25) is 5.82 Å². The molecule has 0 spiro atoms. The first-order valence-electron chi connectivity index (χ1n) is 13.0. The van der Waals surface area contributed by atoms with Crippen LogP contribution < -0.4 is 11.1 Å². The van der Waals surface area contributed by atoms with Crippen LogP contribution in [0.4, 0.5) is 14.6 Å². The van der Waals surface area contributed by atoms with Gasteiger partial charge in [0.15, 0.2) is 27.1 Å². The molecule has 13 heteroatoms. The van der Waals surface area contributed by atoms with Crippen LogP contribution in [0.25, 0.3) is 21.5 Å². The summed E-state index contributed by atoms with van der Waals surface area (Å²) in [6.07, 6.45) is 2.30. The number of anilines is 1. The number of nitriles is 2. The maximum absolute atomic E-state index is 13.7. The van der Waals surface area contributed by atoms with Gasteiger partial charge in [-0.3, -0.25) is 0 Å². The number of nitrogens with two attached hydrogens (primary N) is 1. The molecular formula is C32H21Cl3F2N8. The molecule has 0 unspecified atom stereocenters. The lowest BCUT2D eigenvalue weighted by Gasteiger charge is -2.08. The van der Waals surface area contributed by atoms with Crippen LogP contribution in [0.5, 0.6) is 0 Å². The van der Waals surface area contributed by atoms with Gasteiger partial charge >= 0.3 is 0 Å². The van der Waals surface area contributed by atoms with Gasteiger partial charge < -0.3 is 11.1 Å². The maximum Gasteiger partial charge on any atom is 0.202 e. The van der Waals surface area contributed by atoms with Crippen LogP contribution in [0.15, 0.2) is 85.5 Å². The van der Waals surface area contributed by atoms with Gasteiger partial charge in [-0.05, 0) is 69.1 Å². The zero-order chi connectivity index (χ0) is 32.3. The van der Waals surface area contributed by atoms with Crippen molar-refractivity contribution < 1.29 is 8.78 Å². The molecule has 0 aliphatic rings. The molecular weight excluding hydrogens is 641 g/mol. The molecule has 8 nitrogen and oxygen atoms in total. The summed E-state index contributed by atoms with van der Waals surface area (Å²) in [5.41, 5.74) is 8.94. The molecule has 0 saturated carbocycles. The topological polar surface area (TPSA) is 137 Å². The minimum absolute atomic E-state index is 0.0694. The molecule has 4 aromatic carbocycles. The van der Waals surface area contributed by atoms with E-state index in [0.29, 0.717) is 24.2 Å². The molecule has 0 fully saturated rings. The predicted molar refractivity (Wildman–Crippen MR) is 172 cm³/mol. The lowest BCUT2D eigenvalue weighted by molar-refractivity contribution is 0.614. The number of benzene rings is 4. The Balaban J connectivity index is 0.000000171. The fraction of sp³-hybridized carbons (Fsp3) is 0.0625. The van der Waals surface area contributed by atoms with Gasteiger partial charge in [0, 0.05) is 13.1 Å². The smallest absolute Gasteiger partial charge is 0.202 e. The average molecular weight is 662 g/mol. The Hall–Kier alpha value is -4.97. The van der Waals surface area contributed by atoms with Gasteiger partial charge in [0.25, 0.3) is 0 Å². The van der Waals surface area contributed by atoms with E-state index >= 15 is 0 Å². The fourth-order valence-electron chi connectivity index (χ4n) is 3.95. The number of rotatable bonds is 4. The molecule has 3 N–H and O–H groups in total. The number of fused-ring (bicyclic) bond motifs is 2. The summed E-state index contributed by atoms with van der Waals surface area (Å²) in [7, 11) is 0. The fourth-order valence-corrected chi connectivity index (χ4v) is 4.40. The van der Waals surface area contributed by atoms with Crippen LogP contribution in [-0.2, 0) is 13.1 Å². The van der Waals surface area contributed by atoms with E-state index < -0.39 is 11.6 Å². The third-order valence-corrected chi connectivity index (χ3v) is 7.01. The van der Waals surface area contributed by atoms with Crippen molar-refractivity contribution in [2.24, 2.45) is 5.73 Å². The zero-order valence-electron chi connectivity index (χ0n) is 23.1. The molecule has 6 rings (SSSR count). The van der Waals surface area contributed by atoms with Gasteiger partial charge in [-0.1, -0.05) is 71.2 Å². The Bertz CT molecular complexity index is 2040. The third kappa shape index (κ3) is 8.79. The summed E-state index contributed by atoms with van der Waals surface area (Å²) in [6, 6.07) is 27.2. The summed E-state index contributed by atoms with van der Waals surface area (Å²) in [4.78, 5) is 14.1. The summed E-state index contributed by atoms with van der Waals surface area (Å²) in [6.45, 7) is 0.955. The van der Waals surface area contributed by atoms with Crippen molar-refractivity contribution in [3.8, 4) is 12.1 Å². The van der Waals surface area contributed by atoms with E-state index in [-0.39, 0.29) is 21.3 Å². The second-order valence-corrected chi connectivity index (χ2v) is 10.2. The Morgan fingerprint density at radius 1 is 0.622 bits per heavy atom. The van der Waals surface area contributed by atoms with E-state index in [4.69, 9.17) is 51.1 Å². The molecule has 0 aliphatic carbocycles. The van der Waals surface area contributed by atoms with Crippen LogP contribution in [0.3, 0.4) is 0 Å². The molecule has 0 amide bonds. The largest absolute Gasteiger partial charge is 0.363 e. The molecule has 45 heavy (non-hydrogen) atoms. The number of halogens is 5.